The minimum absolute atomic E-state index is 0.261. The number of carbonyl (C=O) groups is 2. The van der Waals surface area contributed by atoms with E-state index in [1.54, 1.807) is 0 Å². The van der Waals surface area contributed by atoms with Gasteiger partial charge >= 0.3 is 0 Å². The molecular formula is C17H19NO2. The van der Waals surface area contributed by atoms with Gasteiger partial charge in [-0.3, -0.25) is 9.59 Å². The third kappa shape index (κ3) is 1.80. The summed E-state index contributed by atoms with van der Waals surface area (Å²) in [6.45, 7) is 0.885. The Hall–Kier alpha value is -1.64. The lowest BCUT2D eigenvalue weighted by molar-refractivity contribution is -0.120. The molecule has 4 rings (SSSR count). The molecule has 0 aromatic heterocycles. The van der Waals surface area contributed by atoms with Crippen molar-refractivity contribution in [1.82, 2.24) is 0 Å². The van der Waals surface area contributed by atoms with E-state index in [1.807, 2.05) is 4.90 Å². The lowest BCUT2D eigenvalue weighted by atomic mass is 9.81. The van der Waals surface area contributed by atoms with Gasteiger partial charge in [0, 0.05) is 19.4 Å². The number of hydrogen-bond acceptors (Lipinski definition) is 2. The molecule has 0 unspecified atom stereocenters. The van der Waals surface area contributed by atoms with Crippen LogP contribution in [0.3, 0.4) is 0 Å². The van der Waals surface area contributed by atoms with Crippen molar-refractivity contribution in [3.05, 3.63) is 28.8 Å². The smallest absolute Gasteiger partial charge is 0.231 e. The van der Waals surface area contributed by atoms with Crippen LogP contribution < -0.4 is 4.90 Å². The molecular weight excluding hydrogens is 250 g/mol. The van der Waals surface area contributed by atoms with E-state index in [-0.39, 0.29) is 5.91 Å². The van der Waals surface area contributed by atoms with Crippen molar-refractivity contribution in [3.8, 4) is 0 Å². The highest BCUT2D eigenvalue weighted by atomic mass is 16.2. The molecule has 1 aromatic carbocycles. The van der Waals surface area contributed by atoms with Crippen LogP contribution in [0.1, 0.15) is 54.7 Å². The van der Waals surface area contributed by atoms with Gasteiger partial charge in [0.1, 0.15) is 5.78 Å². The topological polar surface area (TPSA) is 37.4 Å². The molecule has 1 saturated carbocycles. The van der Waals surface area contributed by atoms with Crippen LogP contribution in [0.2, 0.25) is 0 Å². The summed E-state index contributed by atoms with van der Waals surface area (Å²) in [5.41, 5.74) is 5.14. The fraction of sp³-hybridized carbons (Fsp3) is 0.529. The Labute approximate surface area is 119 Å². The van der Waals surface area contributed by atoms with E-state index in [1.165, 1.54) is 22.4 Å². The first-order valence-corrected chi connectivity index (χ1v) is 7.70. The van der Waals surface area contributed by atoms with Gasteiger partial charge in [0.15, 0.2) is 0 Å². The molecule has 20 heavy (non-hydrogen) atoms. The van der Waals surface area contributed by atoms with Gasteiger partial charge in [-0.05, 0) is 48.3 Å². The number of rotatable bonds is 1. The second kappa shape index (κ2) is 4.44. The molecule has 3 heteroatoms. The van der Waals surface area contributed by atoms with Gasteiger partial charge in [-0.15, -0.1) is 0 Å². The van der Waals surface area contributed by atoms with Gasteiger partial charge in [-0.1, -0.05) is 12.1 Å². The van der Waals surface area contributed by atoms with E-state index in [0.29, 0.717) is 18.1 Å². The van der Waals surface area contributed by atoms with Crippen molar-refractivity contribution in [1.29, 1.82) is 0 Å². The number of aryl methyl sites for hydroxylation is 1. The molecule has 0 bridgehead atoms. The Bertz CT molecular complexity index is 595. The van der Waals surface area contributed by atoms with Crippen LogP contribution in [-0.4, -0.2) is 18.2 Å². The molecule has 1 fully saturated rings. The molecule has 0 spiro atoms. The largest absolute Gasteiger partial charge is 0.312 e. The number of Topliss-reactive ketones (excluding diaryl/α,β-unsaturated/α-hetero) is 1. The molecule has 1 aromatic rings. The average Bonchev–Trinajstić information content (AvgIpc) is 2.78. The lowest BCUT2D eigenvalue weighted by Gasteiger charge is -2.28. The molecule has 0 saturated heterocycles. The third-order valence-corrected chi connectivity index (χ3v) is 5.05. The molecule has 3 nitrogen and oxygen atoms in total. The Morgan fingerprint density at radius 3 is 2.55 bits per heavy atom. The second-order valence-corrected chi connectivity index (χ2v) is 6.33. The standard InChI is InChI=1S/C17H19NO2/c19-15-5-3-11(4-6-15)13-8-12-2-1-7-18-16(20)10-14(9-13)17(12)18/h8-9,11H,1-7,10H2. The van der Waals surface area contributed by atoms with Crippen LogP contribution in [0.15, 0.2) is 12.1 Å². The molecule has 0 radical (unpaired) electrons. The van der Waals surface area contributed by atoms with Crippen LogP contribution in [0.25, 0.3) is 0 Å². The number of nitrogens with zero attached hydrogens (tertiary/aromatic N) is 1. The molecule has 2 heterocycles. The maximum absolute atomic E-state index is 12.1. The van der Waals surface area contributed by atoms with Crippen molar-refractivity contribution in [2.24, 2.45) is 0 Å². The molecule has 104 valence electrons. The quantitative estimate of drug-likeness (QED) is 0.786. The molecule has 2 aliphatic heterocycles. The summed E-state index contributed by atoms with van der Waals surface area (Å²) in [7, 11) is 0. The number of carbonyl (C=O) groups excluding carboxylic acids is 2. The summed E-state index contributed by atoms with van der Waals surface area (Å²) >= 11 is 0. The first kappa shape index (κ1) is 12.1. The van der Waals surface area contributed by atoms with Gasteiger partial charge in [0.05, 0.1) is 12.1 Å². The zero-order chi connectivity index (χ0) is 13.7. The average molecular weight is 269 g/mol. The first-order valence-electron chi connectivity index (χ1n) is 7.70. The zero-order valence-electron chi connectivity index (χ0n) is 11.7. The van der Waals surface area contributed by atoms with E-state index in [9.17, 15) is 9.59 Å². The highest BCUT2D eigenvalue weighted by Gasteiger charge is 2.33. The number of benzene rings is 1. The van der Waals surface area contributed by atoms with E-state index in [0.717, 1.165) is 45.1 Å². The predicted molar refractivity (Wildman–Crippen MR) is 77.0 cm³/mol. The van der Waals surface area contributed by atoms with Crippen LogP contribution in [0.4, 0.5) is 5.69 Å². The van der Waals surface area contributed by atoms with Crippen molar-refractivity contribution >= 4 is 17.4 Å². The number of anilines is 1. The Balaban J connectivity index is 1.72. The fourth-order valence-electron chi connectivity index (χ4n) is 4.01. The van der Waals surface area contributed by atoms with Crippen LogP contribution >= 0.6 is 0 Å². The van der Waals surface area contributed by atoms with E-state index in [4.69, 9.17) is 0 Å². The first-order chi connectivity index (χ1) is 9.72. The summed E-state index contributed by atoms with van der Waals surface area (Å²) in [6.07, 6.45) is 6.14. The van der Waals surface area contributed by atoms with Gasteiger partial charge in [-0.2, -0.15) is 0 Å². The molecule has 0 atom stereocenters. The van der Waals surface area contributed by atoms with Crippen molar-refractivity contribution in [2.75, 3.05) is 11.4 Å². The van der Waals surface area contributed by atoms with E-state index in [2.05, 4.69) is 12.1 Å². The molecule has 1 aliphatic carbocycles. The van der Waals surface area contributed by atoms with Crippen LogP contribution in [-0.2, 0) is 22.4 Å². The van der Waals surface area contributed by atoms with Gasteiger partial charge < -0.3 is 4.90 Å². The number of hydrogen-bond donors (Lipinski definition) is 0. The van der Waals surface area contributed by atoms with Crippen LogP contribution in [0.5, 0.6) is 0 Å². The highest BCUT2D eigenvalue weighted by molar-refractivity contribution is 6.02. The van der Waals surface area contributed by atoms with Gasteiger partial charge in [0.25, 0.3) is 0 Å². The second-order valence-electron chi connectivity index (χ2n) is 6.33. The molecule has 1 amide bonds. The SMILES string of the molecule is O=C1CCC(c2cc3c4c(c2)CC(=O)N4CCC3)CC1. The fourth-order valence-corrected chi connectivity index (χ4v) is 4.01. The summed E-state index contributed by atoms with van der Waals surface area (Å²) in [4.78, 5) is 25.4. The Kier molecular flexibility index (Phi) is 2.69. The number of ketones is 1. The minimum Gasteiger partial charge on any atom is -0.312 e. The third-order valence-electron chi connectivity index (χ3n) is 5.05. The maximum Gasteiger partial charge on any atom is 0.231 e. The zero-order valence-corrected chi connectivity index (χ0v) is 11.7. The van der Waals surface area contributed by atoms with E-state index < -0.39 is 0 Å². The lowest BCUT2D eigenvalue weighted by Crippen LogP contribution is -2.31. The van der Waals surface area contributed by atoms with Crippen molar-refractivity contribution in [2.45, 2.75) is 50.9 Å². The Morgan fingerprint density at radius 1 is 1.00 bits per heavy atom. The van der Waals surface area contributed by atoms with Crippen LogP contribution in [0, 0.1) is 0 Å². The highest BCUT2D eigenvalue weighted by Crippen LogP contribution is 2.41. The summed E-state index contributed by atoms with van der Waals surface area (Å²) in [5.74, 6) is 1.18. The summed E-state index contributed by atoms with van der Waals surface area (Å²) in [6, 6.07) is 4.55. The normalized spacial score (nSPS) is 22.3. The van der Waals surface area contributed by atoms with Crippen molar-refractivity contribution < 1.29 is 9.59 Å². The Morgan fingerprint density at radius 2 is 1.75 bits per heavy atom. The molecule has 0 N–H and O–H groups in total. The maximum atomic E-state index is 12.1. The minimum atomic E-state index is 0.261. The van der Waals surface area contributed by atoms with Gasteiger partial charge in [-0.25, -0.2) is 0 Å². The monoisotopic (exact) mass is 269 g/mol. The summed E-state index contributed by atoms with van der Waals surface area (Å²) in [5, 5.41) is 0. The van der Waals surface area contributed by atoms with Crippen molar-refractivity contribution in [3.63, 3.8) is 0 Å². The van der Waals surface area contributed by atoms with E-state index >= 15 is 0 Å². The summed E-state index contributed by atoms with van der Waals surface area (Å²) < 4.78 is 0. The predicted octanol–water partition coefficient (Wildman–Crippen LogP) is 2.75. The number of amides is 1. The van der Waals surface area contributed by atoms with Gasteiger partial charge in [0.2, 0.25) is 5.91 Å². The molecule has 3 aliphatic rings.